The molecule has 0 saturated heterocycles. The molecule has 5 nitrogen and oxygen atoms in total. The quantitative estimate of drug-likeness (QED) is 0.641. The van der Waals surface area contributed by atoms with Crippen LogP contribution in [0.4, 0.5) is 5.69 Å². The first-order chi connectivity index (χ1) is 12.6. The lowest BCUT2D eigenvalue weighted by Gasteiger charge is -2.16. The number of aromatic nitrogens is 3. The summed E-state index contributed by atoms with van der Waals surface area (Å²) >= 11 is 3.05. The topological polar surface area (TPSA) is 59.0 Å². The van der Waals surface area contributed by atoms with Crippen LogP contribution >= 0.6 is 23.1 Å². The molecular weight excluding hydrogens is 364 g/mol. The molecule has 0 saturated carbocycles. The Kier molecular flexibility index (Phi) is 4.74. The second kappa shape index (κ2) is 7.17. The van der Waals surface area contributed by atoms with Crippen molar-refractivity contribution in [3.05, 3.63) is 52.7 Å². The molecule has 0 atom stereocenters. The van der Waals surface area contributed by atoms with Gasteiger partial charge < -0.3 is 4.90 Å². The van der Waals surface area contributed by atoms with E-state index in [4.69, 9.17) is 0 Å². The van der Waals surface area contributed by atoms with Crippen molar-refractivity contribution < 1.29 is 4.79 Å². The van der Waals surface area contributed by atoms with Gasteiger partial charge in [0.05, 0.1) is 21.3 Å². The fourth-order valence-corrected chi connectivity index (χ4v) is 4.67. The maximum Gasteiger partial charge on any atom is 0.237 e. The fraction of sp³-hybridized carbons (Fsp3) is 0.263. The van der Waals surface area contributed by atoms with E-state index in [1.807, 2.05) is 49.1 Å². The molecule has 132 valence electrons. The van der Waals surface area contributed by atoms with Crippen molar-refractivity contribution in [2.75, 3.05) is 17.2 Å². The molecular formula is C19H18N4OS2. The van der Waals surface area contributed by atoms with Gasteiger partial charge in [-0.15, -0.1) is 21.5 Å². The second-order valence-corrected chi connectivity index (χ2v) is 8.32. The van der Waals surface area contributed by atoms with Crippen molar-refractivity contribution in [1.82, 2.24) is 15.2 Å². The van der Waals surface area contributed by atoms with Gasteiger partial charge in [-0.05, 0) is 44.0 Å². The molecule has 0 fully saturated rings. The van der Waals surface area contributed by atoms with Crippen LogP contribution < -0.4 is 4.90 Å². The van der Waals surface area contributed by atoms with Gasteiger partial charge in [-0.3, -0.25) is 4.79 Å². The van der Waals surface area contributed by atoms with Crippen LogP contribution in [0.1, 0.15) is 16.3 Å². The monoisotopic (exact) mass is 382 g/mol. The standard InChI is InChI=1S/C19H18N4OS2/c1-12-19(26-13(2)20-12)15-7-8-17(22-21-15)25-11-18(24)23-10-9-14-5-3-4-6-16(14)23/h3-8H,9-11H2,1-2H3. The van der Waals surface area contributed by atoms with E-state index >= 15 is 0 Å². The largest absolute Gasteiger partial charge is 0.311 e. The summed E-state index contributed by atoms with van der Waals surface area (Å²) in [5.74, 6) is 0.473. The summed E-state index contributed by atoms with van der Waals surface area (Å²) < 4.78 is 0. The molecule has 0 aliphatic carbocycles. The zero-order chi connectivity index (χ0) is 18.1. The molecule has 1 aliphatic rings. The van der Waals surface area contributed by atoms with E-state index in [9.17, 15) is 4.79 Å². The highest BCUT2D eigenvalue weighted by molar-refractivity contribution is 7.99. The summed E-state index contributed by atoms with van der Waals surface area (Å²) in [6.45, 7) is 4.73. The second-order valence-electron chi connectivity index (χ2n) is 6.12. The minimum absolute atomic E-state index is 0.111. The van der Waals surface area contributed by atoms with Crippen LogP contribution in [0.25, 0.3) is 10.6 Å². The predicted octanol–water partition coefficient (Wildman–Crippen LogP) is 3.90. The van der Waals surface area contributed by atoms with Gasteiger partial charge in [-0.1, -0.05) is 30.0 Å². The van der Waals surface area contributed by atoms with Gasteiger partial charge in [-0.2, -0.15) is 0 Å². The normalized spacial score (nSPS) is 13.1. The lowest BCUT2D eigenvalue weighted by atomic mass is 10.2. The van der Waals surface area contributed by atoms with Gasteiger partial charge in [0.1, 0.15) is 10.7 Å². The number of thiazole rings is 1. The van der Waals surface area contributed by atoms with Gasteiger partial charge in [-0.25, -0.2) is 4.98 Å². The molecule has 3 aromatic rings. The third kappa shape index (κ3) is 3.37. The number of amides is 1. The molecule has 0 bridgehead atoms. The lowest BCUT2D eigenvalue weighted by molar-refractivity contribution is -0.116. The maximum absolute atomic E-state index is 12.6. The van der Waals surface area contributed by atoms with E-state index in [-0.39, 0.29) is 5.91 Å². The Bertz CT molecular complexity index is 952. The number of nitrogens with zero attached hydrogens (tertiary/aromatic N) is 4. The molecule has 0 radical (unpaired) electrons. The first-order valence-electron chi connectivity index (χ1n) is 8.41. The molecule has 7 heteroatoms. The SMILES string of the molecule is Cc1nc(C)c(-c2ccc(SCC(=O)N3CCc4ccccc43)nn2)s1. The Balaban J connectivity index is 1.41. The number of hydrogen-bond donors (Lipinski definition) is 0. The van der Waals surface area contributed by atoms with Gasteiger partial charge in [0.15, 0.2) is 0 Å². The summed E-state index contributed by atoms with van der Waals surface area (Å²) in [4.78, 5) is 19.9. The van der Waals surface area contributed by atoms with Gasteiger partial charge in [0.25, 0.3) is 0 Å². The van der Waals surface area contributed by atoms with Crippen molar-refractivity contribution in [1.29, 1.82) is 0 Å². The molecule has 26 heavy (non-hydrogen) atoms. The Hall–Kier alpha value is -2.25. The lowest BCUT2D eigenvalue weighted by Crippen LogP contribution is -2.30. The van der Waals surface area contributed by atoms with E-state index < -0.39 is 0 Å². The Labute approximate surface area is 160 Å². The number of rotatable bonds is 4. The summed E-state index contributed by atoms with van der Waals surface area (Å²) in [5, 5.41) is 10.4. The molecule has 0 spiro atoms. The van der Waals surface area contributed by atoms with Gasteiger partial charge in [0, 0.05) is 12.2 Å². The molecule has 0 unspecified atom stereocenters. The van der Waals surface area contributed by atoms with Crippen LogP contribution in [-0.4, -0.2) is 33.4 Å². The number of thioether (sulfide) groups is 1. The van der Waals surface area contributed by atoms with Crippen LogP contribution in [0.5, 0.6) is 0 Å². The molecule has 4 rings (SSSR count). The van der Waals surface area contributed by atoms with Crippen LogP contribution in [0.2, 0.25) is 0 Å². The number of para-hydroxylation sites is 1. The van der Waals surface area contributed by atoms with E-state index in [1.165, 1.54) is 17.3 Å². The van der Waals surface area contributed by atoms with Crippen molar-refractivity contribution in [2.24, 2.45) is 0 Å². The van der Waals surface area contributed by atoms with E-state index in [0.29, 0.717) is 5.75 Å². The maximum atomic E-state index is 12.6. The molecule has 3 heterocycles. The van der Waals surface area contributed by atoms with Crippen molar-refractivity contribution >= 4 is 34.7 Å². The first kappa shape index (κ1) is 17.2. The Morgan fingerprint density at radius 2 is 2.04 bits per heavy atom. The number of hydrogen-bond acceptors (Lipinski definition) is 6. The summed E-state index contributed by atoms with van der Waals surface area (Å²) in [6.07, 6.45) is 0.925. The van der Waals surface area contributed by atoms with Crippen molar-refractivity contribution in [2.45, 2.75) is 25.3 Å². The number of carbonyl (C=O) groups excluding carboxylic acids is 1. The zero-order valence-corrected chi connectivity index (χ0v) is 16.2. The third-order valence-corrected chi connectivity index (χ3v) is 6.31. The van der Waals surface area contributed by atoms with E-state index in [0.717, 1.165) is 45.0 Å². The van der Waals surface area contributed by atoms with Crippen LogP contribution in [0.3, 0.4) is 0 Å². The molecule has 1 amide bonds. The smallest absolute Gasteiger partial charge is 0.237 e. The molecule has 1 aliphatic heterocycles. The van der Waals surface area contributed by atoms with Crippen LogP contribution in [0.15, 0.2) is 41.4 Å². The number of anilines is 1. The minimum atomic E-state index is 0.111. The van der Waals surface area contributed by atoms with Gasteiger partial charge in [0.2, 0.25) is 5.91 Å². The highest BCUT2D eigenvalue weighted by Crippen LogP contribution is 2.30. The number of carbonyl (C=O) groups is 1. The van der Waals surface area contributed by atoms with Gasteiger partial charge >= 0.3 is 0 Å². The summed E-state index contributed by atoms with van der Waals surface area (Å²) in [5.41, 5.74) is 4.09. The highest BCUT2D eigenvalue weighted by Gasteiger charge is 2.24. The third-order valence-electron chi connectivity index (χ3n) is 4.31. The average molecular weight is 383 g/mol. The Morgan fingerprint density at radius 1 is 1.19 bits per heavy atom. The molecule has 2 aromatic heterocycles. The minimum Gasteiger partial charge on any atom is -0.311 e. The summed E-state index contributed by atoms with van der Waals surface area (Å²) in [7, 11) is 0. The summed E-state index contributed by atoms with van der Waals surface area (Å²) in [6, 6.07) is 12.0. The Morgan fingerprint density at radius 3 is 2.77 bits per heavy atom. The van der Waals surface area contributed by atoms with E-state index in [2.05, 4.69) is 21.2 Å². The number of fused-ring (bicyclic) bond motifs is 1. The first-order valence-corrected chi connectivity index (χ1v) is 10.2. The van der Waals surface area contributed by atoms with E-state index in [1.54, 1.807) is 11.3 Å². The molecule has 1 aromatic carbocycles. The zero-order valence-electron chi connectivity index (χ0n) is 14.6. The predicted molar refractivity (Wildman–Crippen MR) is 106 cm³/mol. The number of aryl methyl sites for hydroxylation is 2. The number of benzene rings is 1. The van der Waals surface area contributed by atoms with Crippen molar-refractivity contribution in [3.8, 4) is 10.6 Å². The highest BCUT2D eigenvalue weighted by atomic mass is 32.2. The molecule has 0 N–H and O–H groups in total. The van der Waals surface area contributed by atoms with Crippen molar-refractivity contribution in [3.63, 3.8) is 0 Å². The fourth-order valence-electron chi connectivity index (χ4n) is 3.10. The average Bonchev–Trinajstić information content (AvgIpc) is 3.23. The van der Waals surface area contributed by atoms with Crippen LogP contribution in [-0.2, 0) is 11.2 Å². The van der Waals surface area contributed by atoms with Crippen LogP contribution in [0, 0.1) is 13.8 Å².